The van der Waals surface area contributed by atoms with Crippen molar-refractivity contribution in [3.63, 3.8) is 0 Å². The predicted octanol–water partition coefficient (Wildman–Crippen LogP) is 3.06. The van der Waals surface area contributed by atoms with E-state index < -0.39 is 29.6 Å². The number of carbonyl (C=O) groups is 2. The number of hydrogen-bond donors (Lipinski definition) is 1. The second-order valence-corrected chi connectivity index (χ2v) is 6.54. The molecule has 0 saturated carbocycles. The van der Waals surface area contributed by atoms with Crippen molar-refractivity contribution in [3.8, 4) is 0 Å². The molecule has 3 atom stereocenters. The smallest absolute Gasteiger partial charge is 0.348 e. The molecule has 1 heterocycles. The molecule has 0 spiro atoms. The van der Waals surface area contributed by atoms with Crippen molar-refractivity contribution >= 4 is 17.5 Å². The van der Waals surface area contributed by atoms with E-state index in [-0.39, 0.29) is 12.0 Å². The maximum absolute atomic E-state index is 12.6. The molecule has 0 aromatic heterocycles. The van der Waals surface area contributed by atoms with E-state index in [1.165, 1.54) is 0 Å². The Bertz CT molecular complexity index is 796. The van der Waals surface area contributed by atoms with E-state index in [2.05, 4.69) is 16.4 Å². The van der Waals surface area contributed by atoms with Gasteiger partial charge >= 0.3 is 6.18 Å². The van der Waals surface area contributed by atoms with Crippen molar-refractivity contribution in [1.29, 1.82) is 0 Å². The first-order chi connectivity index (χ1) is 11.7. The summed E-state index contributed by atoms with van der Waals surface area (Å²) in [5, 5.41) is 2.80. The fraction of sp³-hybridized carbons (Fsp3) is 0.389. The summed E-state index contributed by atoms with van der Waals surface area (Å²) in [5.74, 6) is -2.91. The summed E-state index contributed by atoms with van der Waals surface area (Å²) in [6, 6.07) is 5.68. The molecule has 0 fully saturated rings. The number of amides is 2. The quantitative estimate of drug-likeness (QED) is 0.834. The summed E-state index contributed by atoms with van der Waals surface area (Å²) >= 11 is 0. The third-order valence-corrected chi connectivity index (χ3v) is 4.56. The molecule has 1 aromatic carbocycles. The van der Waals surface area contributed by atoms with E-state index in [0.717, 1.165) is 29.2 Å². The average Bonchev–Trinajstić information content (AvgIpc) is 2.81. The van der Waals surface area contributed by atoms with Gasteiger partial charge in [-0.3, -0.25) is 9.59 Å². The minimum atomic E-state index is -4.70. The van der Waals surface area contributed by atoms with Crippen LogP contribution in [0.2, 0.25) is 0 Å². The molecule has 0 bridgehead atoms. The molecular weight excluding hydrogens is 333 g/mol. The molecule has 2 amide bonds. The summed E-state index contributed by atoms with van der Waals surface area (Å²) < 4.78 is 37.8. The largest absolute Gasteiger partial charge is 0.433 e. The molecule has 132 valence electrons. The number of allylic oxidation sites excluding steroid dienone is 1. The van der Waals surface area contributed by atoms with E-state index in [1.54, 1.807) is 0 Å². The number of alkyl halides is 3. The van der Waals surface area contributed by atoms with Gasteiger partial charge < -0.3 is 5.32 Å². The van der Waals surface area contributed by atoms with E-state index in [4.69, 9.17) is 0 Å². The zero-order valence-electron chi connectivity index (χ0n) is 13.7. The van der Waals surface area contributed by atoms with E-state index in [9.17, 15) is 22.8 Å². The van der Waals surface area contributed by atoms with Crippen LogP contribution in [-0.2, 0) is 16.0 Å². The van der Waals surface area contributed by atoms with Crippen LogP contribution in [0.15, 0.2) is 35.3 Å². The Morgan fingerprint density at radius 2 is 2.04 bits per heavy atom. The molecule has 0 radical (unpaired) electrons. The second-order valence-electron chi connectivity index (χ2n) is 6.54. The summed E-state index contributed by atoms with van der Waals surface area (Å²) in [4.78, 5) is 27.3. The number of fused-ring (bicyclic) bond motifs is 1. The first-order valence-electron chi connectivity index (χ1n) is 7.94. The normalized spacial score (nSPS) is 25.6. The number of nitrogens with zero attached hydrogens (tertiary/aromatic N) is 1. The summed E-state index contributed by atoms with van der Waals surface area (Å²) in [7, 11) is 0. The van der Waals surface area contributed by atoms with E-state index in [1.807, 2.05) is 26.0 Å². The first-order valence-corrected chi connectivity index (χ1v) is 7.94. The lowest BCUT2D eigenvalue weighted by Crippen LogP contribution is -2.39. The zero-order chi connectivity index (χ0) is 18.4. The van der Waals surface area contributed by atoms with Gasteiger partial charge in [-0.15, -0.1) is 0 Å². The monoisotopic (exact) mass is 350 g/mol. The van der Waals surface area contributed by atoms with Crippen molar-refractivity contribution in [2.24, 2.45) is 16.8 Å². The fourth-order valence-corrected chi connectivity index (χ4v) is 3.30. The van der Waals surface area contributed by atoms with Gasteiger partial charge in [0.25, 0.3) is 5.91 Å². The van der Waals surface area contributed by atoms with E-state index in [0.29, 0.717) is 6.08 Å². The highest BCUT2D eigenvalue weighted by Crippen LogP contribution is 2.36. The van der Waals surface area contributed by atoms with Gasteiger partial charge in [0.15, 0.2) is 0 Å². The first kappa shape index (κ1) is 17.4. The highest BCUT2D eigenvalue weighted by Gasteiger charge is 2.40. The van der Waals surface area contributed by atoms with Gasteiger partial charge in [-0.25, -0.2) is 4.99 Å². The number of hydrogen-bond acceptors (Lipinski definition) is 2. The van der Waals surface area contributed by atoms with Gasteiger partial charge in [0.1, 0.15) is 11.6 Å². The highest BCUT2D eigenvalue weighted by atomic mass is 19.4. The molecule has 1 aliphatic heterocycles. The Morgan fingerprint density at radius 3 is 2.68 bits per heavy atom. The van der Waals surface area contributed by atoms with Crippen molar-refractivity contribution in [3.05, 3.63) is 47.0 Å². The van der Waals surface area contributed by atoms with Gasteiger partial charge in [-0.2, -0.15) is 13.2 Å². The molecule has 3 unspecified atom stereocenters. The lowest BCUT2D eigenvalue weighted by molar-refractivity contribution is -0.132. The topological polar surface area (TPSA) is 58.5 Å². The zero-order valence-corrected chi connectivity index (χ0v) is 13.7. The highest BCUT2D eigenvalue weighted by molar-refractivity contribution is 6.14. The van der Waals surface area contributed by atoms with Crippen molar-refractivity contribution in [2.45, 2.75) is 32.5 Å². The maximum atomic E-state index is 12.6. The molecule has 1 aliphatic carbocycles. The molecule has 0 saturated heterocycles. The maximum Gasteiger partial charge on any atom is 0.433 e. The van der Waals surface area contributed by atoms with Crippen LogP contribution in [0.25, 0.3) is 0 Å². The number of benzene rings is 1. The van der Waals surface area contributed by atoms with Crippen LogP contribution in [0.5, 0.6) is 0 Å². The Balaban J connectivity index is 1.75. The molecular formula is C18H17F3N2O2. The van der Waals surface area contributed by atoms with Gasteiger partial charge in [-0.05, 0) is 36.5 Å². The third kappa shape index (κ3) is 3.36. The summed E-state index contributed by atoms with van der Waals surface area (Å²) in [6.07, 6.45) is -2.26. The minimum Gasteiger partial charge on any atom is -0.348 e. The Labute approximate surface area is 142 Å². The number of dihydropyridines is 1. The predicted molar refractivity (Wildman–Crippen MR) is 86.1 cm³/mol. The van der Waals surface area contributed by atoms with Gasteiger partial charge in [0.2, 0.25) is 5.91 Å². The summed E-state index contributed by atoms with van der Waals surface area (Å²) in [6.45, 7) is 3.97. The SMILES string of the molecule is Cc1ccc2c(c1)CC(C)C2NC(=O)C1C=CC(C(F)(F)F)=NC1=O. The number of nitrogens with one attached hydrogen (secondary N) is 1. The number of aliphatic imine (C=N–C) groups is 1. The molecule has 2 aliphatic rings. The molecule has 4 nitrogen and oxygen atoms in total. The van der Waals surface area contributed by atoms with E-state index >= 15 is 0 Å². The fourth-order valence-electron chi connectivity index (χ4n) is 3.30. The third-order valence-electron chi connectivity index (χ3n) is 4.56. The lowest BCUT2D eigenvalue weighted by Gasteiger charge is -2.22. The van der Waals surface area contributed by atoms with Gasteiger partial charge in [-0.1, -0.05) is 36.8 Å². The van der Waals surface area contributed by atoms with Crippen LogP contribution in [0.3, 0.4) is 0 Å². The van der Waals surface area contributed by atoms with Crippen molar-refractivity contribution < 1.29 is 22.8 Å². The molecule has 3 rings (SSSR count). The van der Waals surface area contributed by atoms with Crippen LogP contribution < -0.4 is 5.32 Å². The van der Waals surface area contributed by atoms with Crippen LogP contribution in [0.1, 0.15) is 29.7 Å². The van der Waals surface area contributed by atoms with Crippen LogP contribution in [0, 0.1) is 18.8 Å². The average molecular weight is 350 g/mol. The van der Waals surface area contributed by atoms with Crippen LogP contribution in [-0.4, -0.2) is 23.7 Å². The molecule has 1 N–H and O–H groups in total. The molecule has 25 heavy (non-hydrogen) atoms. The number of halogens is 3. The minimum absolute atomic E-state index is 0.137. The van der Waals surface area contributed by atoms with Gasteiger partial charge in [0.05, 0.1) is 6.04 Å². The standard InChI is InChI=1S/C18H17F3N2O2/c1-9-3-4-12-11(7-9)8-10(2)15(12)23-17(25)13-5-6-14(18(19,20)21)22-16(13)24/h3-7,10,13,15H,8H2,1-2H3,(H,23,25). The van der Waals surface area contributed by atoms with Crippen molar-refractivity contribution in [2.75, 3.05) is 0 Å². The second kappa shape index (κ2) is 6.13. The van der Waals surface area contributed by atoms with Crippen LogP contribution >= 0.6 is 0 Å². The lowest BCUT2D eigenvalue weighted by atomic mass is 9.99. The number of carbonyl (C=O) groups excluding carboxylic acids is 2. The number of aryl methyl sites for hydroxylation is 1. The Kier molecular flexibility index (Phi) is 4.26. The molecule has 1 aromatic rings. The Hall–Kier alpha value is -2.44. The molecule has 7 heteroatoms. The Morgan fingerprint density at radius 1 is 1.32 bits per heavy atom. The van der Waals surface area contributed by atoms with Crippen molar-refractivity contribution in [1.82, 2.24) is 5.32 Å². The van der Waals surface area contributed by atoms with Gasteiger partial charge in [0, 0.05) is 0 Å². The number of rotatable bonds is 2. The summed E-state index contributed by atoms with van der Waals surface area (Å²) in [5.41, 5.74) is 1.97. The van der Waals surface area contributed by atoms with Crippen LogP contribution in [0.4, 0.5) is 13.2 Å².